The molecular formula is C16H23F2NO3. The molecule has 1 aliphatic rings. The number of ether oxygens (including phenoxy) is 2. The van der Waals surface area contributed by atoms with E-state index in [-0.39, 0.29) is 29.6 Å². The summed E-state index contributed by atoms with van der Waals surface area (Å²) in [4.78, 5) is 0. The topological polar surface area (TPSA) is 50.7 Å². The number of aliphatic hydroxyl groups excluding tert-OH is 1. The van der Waals surface area contributed by atoms with E-state index in [9.17, 15) is 13.9 Å². The van der Waals surface area contributed by atoms with E-state index in [1.807, 2.05) is 6.92 Å². The molecule has 22 heavy (non-hydrogen) atoms. The van der Waals surface area contributed by atoms with Gasteiger partial charge in [-0.25, -0.2) is 0 Å². The predicted molar refractivity (Wildman–Crippen MR) is 79.4 cm³/mol. The van der Waals surface area contributed by atoms with Crippen LogP contribution < -0.4 is 14.8 Å². The molecule has 2 N–H and O–H groups in total. The summed E-state index contributed by atoms with van der Waals surface area (Å²) in [5.41, 5.74) is 0.922. The van der Waals surface area contributed by atoms with Gasteiger partial charge in [-0.05, 0) is 43.4 Å². The van der Waals surface area contributed by atoms with Gasteiger partial charge < -0.3 is 19.9 Å². The highest BCUT2D eigenvalue weighted by Crippen LogP contribution is 2.32. The lowest BCUT2D eigenvalue weighted by Crippen LogP contribution is -2.29. The van der Waals surface area contributed by atoms with E-state index in [4.69, 9.17) is 4.74 Å². The van der Waals surface area contributed by atoms with Crippen LogP contribution >= 0.6 is 0 Å². The van der Waals surface area contributed by atoms with Crippen molar-refractivity contribution in [3.05, 3.63) is 23.8 Å². The Bertz CT molecular complexity index is 484. The number of methoxy groups -OCH3 is 1. The number of aliphatic hydroxyl groups is 1. The Morgan fingerprint density at radius 3 is 2.68 bits per heavy atom. The van der Waals surface area contributed by atoms with Crippen molar-refractivity contribution in [1.29, 1.82) is 0 Å². The van der Waals surface area contributed by atoms with Crippen molar-refractivity contribution in [2.75, 3.05) is 13.7 Å². The molecule has 1 saturated carbocycles. The summed E-state index contributed by atoms with van der Waals surface area (Å²) < 4.78 is 34.1. The normalized spacial score (nSPS) is 22.8. The molecule has 1 aromatic carbocycles. The Morgan fingerprint density at radius 1 is 1.32 bits per heavy atom. The van der Waals surface area contributed by atoms with Crippen LogP contribution in [-0.4, -0.2) is 31.5 Å². The Morgan fingerprint density at radius 2 is 2.09 bits per heavy atom. The first kappa shape index (κ1) is 17.0. The highest BCUT2D eigenvalue weighted by Gasteiger charge is 2.25. The minimum atomic E-state index is -2.88. The third-order valence-electron chi connectivity index (χ3n) is 4.21. The third kappa shape index (κ3) is 4.30. The van der Waals surface area contributed by atoms with Gasteiger partial charge in [-0.3, -0.25) is 0 Å². The Balaban J connectivity index is 1.98. The molecule has 0 radical (unpaired) electrons. The smallest absolute Gasteiger partial charge is 0.387 e. The second-order valence-corrected chi connectivity index (χ2v) is 5.68. The fourth-order valence-electron chi connectivity index (χ4n) is 2.85. The summed E-state index contributed by atoms with van der Waals surface area (Å²) in [7, 11) is 1.42. The van der Waals surface area contributed by atoms with Gasteiger partial charge in [-0.1, -0.05) is 12.5 Å². The van der Waals surface area contributed by atoms with Crippen molar-refractivity contribution in [1.82, 2.24) is 5.32 Å². The Kier molecular flexibility index (Phi) is 5.97. The summed E-state index contributed by atoms with van der Waals surface area (Å²) in [6.45, 7) is -0.150. The molecule has 1 aliphatic carbocycles. The minimum Gasteiger partial charge on any atom is -0.493 e. The van der Waals surface area contributed by atoms with E-state index in [1.165, 1.54) is 13.2 Å². The monoisotopic (exact) mass is 315 g/mol. The molecule has 0 spiro atoms. The standard InChI is InChI=1S/C16H23F2NO3/c1-10(19-9-12-4-3-5-13(12)20)11-6-7-14(22-16(17)18)15(8-11)21-2/h6-8,10,12-13,16,19-20H,3-5,9H2,1-2H3. The number of halogens is 2. The highest BCUT2D eigenvalue weighted by molar-refractivity contribution is 5.43. The largest absolute Gasteiger partial charge is 0.493 e. The lowest BCUT2D eigenvalue weighted by molar-refractivity contribution is -0.0512. The average molecular weight is 315 g/mol. The molecule has 0 heterocycles. The van der Waals surface area contributed by atoms with Gasteiger partial charge in [0, 0.05) is 12.6 Å². The zero-order valence-electron chi connectivity index (χ0n) is 12.9. The zero-order chi connectivity index (χ0) is 16.1. The molecule has 3 atom stereocenters. The first-order valence-corrected chi connectivity index (χ1v) is 7.55. The molecule has 0 bridgehead atoms. The van der Waals surface area contributed by atoms with E-state index >= 15 is 0 Å². The summed E-state index contributed by atoms with van der Waals surface area (Å²) >= 11 is 0. The maximum absolute atomic E-state index is 12.3. The van der Waals surface area contributed by atoms with Gasteiger partial charge in [-0.15, -0.1) is 0 Å². The number of hydrogen-bond donors (Lipinski definition) is 2. The molecule has 124 valence electrons. The van der Waals surface area contributed by atoms with Crippen molar-refractivity contribution in [3.63, 3.8) is 0 Å². The van der Waals surface area contributed by atoms with Gasteiger partial charge in [0.25, 0.3) is 0 Å². The fourth-order valence-corrected chi connectivity index (χ4v) is 2.85. The van der Waals surface area contributed by atoms with Crippen LogP contribution in [0.15, 0.2) is 18.2 Å². The zero-order valence-corrected chi connectivity index (χ0v) is 12.9. The van der Waals surface area contributed by atoms with E-state index < -0.39 is 6.61 Å². The van der Waals surface area contributed by atoms with Crippen LogP contribution in [0.2, 0.25) is 0 Å². The predicted octanol–water partition coefficient (Wildman–Crippen LogP) is 3.11. The van der Waals surface area contributed by atoms with Crippen molar-refractivity contribution in [3.8, 4) is 11.5 Å². The Labute approximate surface area is 129 Å². The highest BCUT2D eigenvalue weighted by atomic mass is 19.3. The maximum atomic E-state index is 12.3. The third-order valence-corrected chi connectivity index (χ3v) is 4.21. The molecule has 0 saturated heterocycles. The molecule has 0 aromatic heterocycles. The second kappa shape index (κ2) is 7.74. The molecule has 1 fully saturated rings. The second-order valence-electron chi connectivity index (χ2n) is 5.68. The molecule has 4 nitrogen and oxygen atoms in total. The number of benzene rings is 1. The minimum absolute atomic E-state index is 0.0275. The van der Waals surface area contributed by atoms with Gasteiger partial charge in [0.2, 0.25) is 0 Å². The summed E-state index contributed by atoms with van der Waals surface area (Å²) in [5.74, 6) is 0.595. The molecule has 1 aromatic rings. The fraction of sp³-hybridized carbons (Fsp3) is 0.625. The van der Waals surface area contributed by atoms with Crippen LogP contribution in [0.1, 0.15) is 37.8 Å². The van der Waals surface area contributed by atoms with Crippen molar-refractivity contribution in [2.24, 2.45) is 5.92 Å². The van der Waals surface area contributed by atoms with Gasteiger partial charge in [-0.2, -0.15) is 8.78 Å². The van der Waals surface area contributed by atoms with Crippen molar-refractivity contribution < 1.29 is 23.4 Å². The molecule has 0 aliphatic heterocycles. The Hall–Kier alpha value is -1.40. The van der Waals surface area contributed by atoms with Crippen LogP contribution in [0, 0.1) is 5.92 Å². The molecule has 2 rings (SSSR count). The summed E-state index contributed by atoms with van der Waals surface area (Å²) in [5, 5.41) is 13.2. The van der Waals surface area contributed by atoms with Crippen LogP contribution in [0.4, 0.5) is 8.78 Å². The number of alkyl halides is 2. The number of nitrogens with one attached hydrogen (secondary N) is 1. The SMILES string of the molecule is COc1cc(C(C)NCC2CCCC2O)ccc1OC(F)F. The quantitative estimate of drug-likeness (QED) is 0.812. The number of rotatable bonds is 7. The van der Waals surface area contributed by atoms with Gasteiger partial charge in [0.15, 0.2) is 11.5 Å². The van der Waals surface area contributed by atoms with Crippen LogP contribution in [-0.2, 0) is 0 Å². The first-order valence-electron chi connectivity index (χ1n) is 7.55. The van der Waals surface area contributed by atoms with Gasteiger partial charge in [0.05, 0.1) is 13.2 Å². The van der Waals surface area contributed by atoms with Gasteiger partial charge >= 0.3 is 6.61 Å². The van der Waals surface area contributed by atoms with Crippen LogP contribution in [0.5, 0.6) is 11.5 Å². The van der Waals surface area contributed by atoms with E-state index in [1.54, 1.807) is 12.1 Å². The summed E-state index contributed by atoms with van der Waals surface area (Å²) in [6.07, 6.45) is 2.74. The lowest BCUT2D eigenvalue weighted by atomic mass is 10.0. The van der Waals surface area contributed by atoms with Crippen LogP contribution in [0.3, 0.4) is 0 Å². The summed E-state index contributed by atoms with van der Waals surface area (Å²) in [6, 6.07) is 4.95. The average Bonchev–Trinajstić information content (AvgIpc) is 2.90. The van der Waals surface area contributed by atoms with Crippen molar-refractivity contribution in [2.45, 2.75) is 44.9 Å². The molecular weight excluding hydrogens is 292 g/mol. The maximum Gasteiger partial charge on any atom is 0.387 e. The molecule has 6 heteroatoms. The lowest BCUT2D eigenvalue weighted by Gasteiger charge is -2.20. The van der Waals surface area contributed by atoms with E-state index in [0.29, 0.717) is 0 Å². The van der Waals surface area contributed by atoms with Crippen LogP contribution in [0.25, 0.3) is 0 Å². The molecule has 0 amide bonds. The van der Waals surface area contributed by atoms with E-state index in [2.05, 4.69) is 10.1 Å². The van der Waals surface area contributed by atoms with Crippen molar-refractivity contribution >= 4 is 0 Å². The molecule has 3 unspecified atom stereocenters. The number of hydrogen-bond acceptors (Lipinski definition) is 4. The first-order chi connectivity index (χ1) is 10.5. The van der Waals surface area contributed by atoms with E-state index in [0.717, 1.165) is 31.4 Å². The van der Waals surface area contributed by atoms with Gasteiger partial charge in [0.1, 0.15) is 0 Å².